The van der Waals surface area contributed by atoms with Gasteiger partial charge >= 0.3 is 12.1 Å². The van der Waals surface area contributed by atoms with Crippen LogP contribution in [0.2, 0.25) is 0 Å². The summed E-state index contributed by atoms with van der Waals surface area (Å²) in [6, 6.07) is 3.41. The predicted octanol–water partition coefficient (Wildman–Crippen LogP) is 1.54. The maximum atomic E-state index is 12.0. The molecule has 0 aromatic carbocycles. The third-order valence-electron chi connectivity index (χ3n) is 2.04. The Bertz CT molecular complexity index is 575. The van der Waals surface area contributed by atoms with Crippen LogP contribution in [0, 0.1) is 6.92 Å². The molecular weight excluding hydrogens is 237 g/mol. The Labute approximate surface area is 93.3 Å². The smallest absolute Gasteiger partial charge is 0.285 e. The molecule has 0 saturated heterocycles. The maximum Gasteiger partial charge on any atom is 0.471 e. The SMILES string of the molecule is Cc1cccn2nc(NC(=O)C(F)(F)F)nc12. The maximum absolute atomic E-state index is 12.0. The quantitative estimate of drug-likeness (QED) is 0.827. The molecule has 2 aromatic heterocycles. The minimum atomic E-state index is -4.95. The number of aromatic nitrogens is 3. The number of carbonyl (C=O) groups is 1. The number of halogens is 3. The molecular formula is C9H7F3N4O. The number of pyridine rings is 1. The number of nitrogens with one attached hydrogen (secondary N) is 1. The molecule has 0 unspecified atom stereocenters. The van der Waals surface area contributed by atoms with Gasteiger partial charge in [0.15, 0.2) is 5.65 Å². The minimum absolute atomic E-state index is 0.373. The summed E-state index contributed by atoms with van der Waals surface area (Å²) in [6.45, 7) is 1.74. The van der Waals surface area contributed by atoms with Gasteiger partial charge in [-0.25, -0.2) is 4.52 Å². The van der Waals surface area contributed by atoms with E-state index < -0.39 is 12.1 Å². The van der Waals surface area contributed by atoms with E-state index in [1.165, 1.54) is 10.7 Å². The Morgan fingerprint density at radius 3 is 2.76 bits per heavy atom. The lowest BCUT2D eigenvalue weighted by molar-refractivity contribution is -0.167. The van der Waals surface area contributed by atoms with Crippen molar-refractivity contribution in [1.82, 2.24) is 14.6 Å². The van der Waals surface area contributed by atoms with E-state index >= 15 is 0 Å². The van der Waals surface area contributed by atoms with Crippen LogP contribution < -0.4 is 5.32 Å². The average molecular weight is 244 g/mol. The van der Waals surface area contributed by atoms with Crippen molar-refractivity contribution >= 4 is 17.5 Å². The molecule has 0 saturated carbocycles. The first-order valence-electron chi connectivity index (χ1n) is 4.58. The second-order valence-electron chi connectivity index (χ2n) is 3.35. The Balaban J connectivity index is 2.32. The molecule has 0 aliphatic carbocycles. The third-order valence-corrected chi connectivity index (χ3v) is 2.04. The highest BCUT2D eigenvalue weighted by atomic mass is 19.4. The molecule has 0 radical (unpaired) electrons. The number of alkyl halides is 3. The lowest BCUT2D eigenvalue weighted by Gasteiger charge is -2.03. The van der Waals surface area contributed by atoms with Crippen LogP contribution in [0.15, 0.2) is 18.3 Å². The van der Waals surface area contributed by atoms with Gasteiger partial charge in [-0.05, 0) is 18.6 Å². The van der Waals surface area contributed by atoms with Crippen LogP contribution >= 0.6 is 0 Å². The number of rotatable bonds is 1. The monoisotopic (exact) mass is 244 g/mol. The fourth-order valence-electron chi connectivity index (χ4n) is 1.26. The first-order valence-corrected chi connectivity index (χ1v) is 4.58. The first kappa shape index (κ1) is 11.4. The van der Waals surface area contributed by atoms with Gasteiger partial charge in [0, 0.05) is 6.20 Å². The van der Waals surface area contributed by atoms with Crippen molar-refractivity contribution in [2.45, 2.75) is 13.1 Å². The molecule has 0 spiro atoms. The number of anilines is 1. The molecule has 0 fully saturated rings. The number of hydrogen-bond acceptors (Lipinski definition) is 3. The second-order valence-corrected chi connectivity index (χ2v) is 3.35. The van der Waals surface area contributed by atoms with Crippen molar-refractivity contribution < 1.29 is 18.0 Å². The molecule has 2 aromatic rings. The molecule has 0 atom stereocenters. The molecule has 0 aliphatic rings. The van der Waals surface area contributed by atoms with E-state index in [0.29, 0.717) is 5.65 Å². The van der Waals surface area contributed by atoms with E-state index in [0.717, 1.165) is 5.56 Å². The zero-order valence-corrected chi connectivity index (χ0v) is 8.62. The molecule has 0 aliphatic heterocycles. The molecule has 90 valence electrons. The first-order chi connectivity index (χ1) is 7.88. The number of nitrogens with zero attached hydrogens (tertiary/aromatic N) is 3. The van der Waals surface area contributed by atoms with Gasteiger partial charge in [0.25, 0.3) is 0 Å². The summed E-state index contributed by atoms with van der Waals surface area (Å²) >= 11 is 0. The summed E-state index contributed by atoms with van der Waals surface area (Å²) in [5.41, 5.74) is 1.14. The van der Waals surface area contributed by atoms with Crippen LogP contribution in [0.1, 0.15) is 5.56 Å². The van der Waals surface area contributed by atoms with Crippen molar-refractivity contribution in [3.8, 4) is 0 Å². The van der Waals surface area contributed by atoms with Crippen molar-refractivity contribution in [2.75, 3.05) is 5.32 Å². The summed E-state index contributed by atoms with van der Waals surface area (Å²) in [6.07, 6.45) is -3.43. The van der Waals surface area contributed by atoms with Crippen LogP contribution in [-0.2, 0) is 4.79 Å². The largest absolute Gasteiger partial charge is 0.471 e. The van der Waals surface area contributed by atoms with Crippen molar-refractivity contribution in [3.63, 3.8) is 0 Å². The Morgan fingerprint density at radius 2 is 2.18 bits per heavy atom. The van der Waals surface area contributed by atoms with E-state index in [4.69, 9.17) is 0 Å². The fraction of sp³-hybridized carbons (Fsp3) is 0.222. The van der Waals surface area contributed by atoms with Gasteiger partial charge in [-0.2, -0.15) is 18.2 Å². The minimum Gasteiger partial charge on any atom is -0.285 e. The van der Waals surface area contributed by atoms with Crippen molar-refractivity contribution in [1.29, 1.82) is 0 Å². The second kappa shape index (κ2) is 3.72. The summed E-state index contributed by atoms with van der Waals surface area (Å²) in [7, 11) is 0. The summed E-state index contributed by atoms with van der Waals surface area (Å²) < 4.78 is 37.3. The topological polar surface area (TPSA) is 59.3 Å². The number of fused-ring (bicyclic) bond motifs is 1. The van der Waals surface area contributed by atoms with Gasteiger partial charge in [-0.3, -0.25) is 10.1 Å². The molecule has 0 bridgehead atoms. The van der Waals surface area contributed by atoms with Gasteiger partial charge in [0.1, 0.15) is 0 Å². The van der Waals surface area contributed by atoms with Gasteiger partial charge < -0.3 is 0 Å². The molecule has 2 heterocycles. The summed E-state index contributed by atoms with van der Waals surface area (Å²) in [4.78, 5) is 14.5. The van der Waals surface area contributed by atoms with Gasteiger partial charge in [0.2, 0.25) is 5.95 Å². The van der Waals surface area contributed by atoms with E-state index in [2.05, 4.69) is 10.1 Å². The Kier molecular flexibility index (Phi) is 2.49. The zero-order chi connectivity index (χ0) is 12.6. The highest BCUT2D eigenvalue weighted by Crippen LogP contribution is 2.17. The molecule has 8 heteroatoms. The normalized spacial score (nSPS) is 11.8. The van der Waals surface area contributed by atoms with E-state index in [9.17, 15) is 18.0 Å². The van der Waals surface area contributed by atoms with Gasteiger partial charge in [-0.1, -0.05) is 6.07 Å². The lowest BCUT2D eigenvalue weighted by Crippen LogP contribution is -2.30. The van der Waals surface area contributed by atoms with Crippen LogP contribution in [0.25, 0.3) is 5.65 Å². The highest BCUT2D eigenvalue weighted by Gasteiger charge is 2.39. The Morgan fingerprint density at radius 1 is 1.47 bits per heavy atom. The molecule has 17 heavy (non-hydrogen) atoms. The lowest BCUT2D eigenvalue weighted by atomic mass is 10.3. The predicted molar refractivity (Wildman–Crippen MR) is 52.4 cm³/mol. The van der Waals surface area contributed by atoms with Gasteiger partial charge in [-0.15, -0.1) is 5.10 Å². The molecule has 2 rings (SSSR count). The summed E-state index contributed by atoms with van der Waals surface area (Å²) in [5.74, 6) is -2.47. The summed E-state index contributed by atoms with van der Waals surface area (Å²) in [5, 5.41) is 5.29. The van der Waals surface area contributed by atoms with Crippen LogP contribution in [0.3, 0.4) is 0 Å². The standard InChI is InChI=1S/C9H7F3N4O/c1-5-3-2-4-16-6(5)13-8(15-16)14-7(17)9(10,11)12/h2-4H,1H3,(H,14,15,17). The Hall–Kier alpha value is -2.12. The molecule has 1 amide bonds. The highest BCUT2D eigenvalue weighted by molar-refractivity contribution is 5.93. The van der Waals surface area contributed by atoms with E-state index in [1.807, 2.05) is 0 Å². The van der Waals surface area contributed by atoms with Crippen LogP contribution in [0.4, 0.5) is 19.1 Å². The van der Waals surface area contributed by atoms with Crippen LogP contribution in [0.5, 0.6) is 0 Å². The van der Waals surface area contributed by atoms with Crippen molar-refractivity contribution in [2.24, 2.45) is 0 Å². The zero-order valence-electron chi connectivity index (χ0n) is 8.62. The molecule has 5 nitrogen and oxygen atoms in total. The number of amides is 1. The van der Waals surface area contributed by atoms with Gasteiger partial charge in [0.05, 0.1) is 0 Å². The van der Waals surface area contributed by atoms with Crippen molar-refractivity contribution in [3.05, 3.63) is 23.9 Å². The number of aryl methyl sites for hydroxylation is 1. The number of hydrogen-bond donors (Lipinski definition) is 1. The number of carbonyl (C=O) groups excluding carboxylic acids is 1. The van der Waals surface area contributed by atoms with E-state index in [-0.39, 0.29) is 5.95 Å². The fourth-order valence-corrected chi connectivity index (χ4v) is 1.26. The van der Waals surface area contributed by atoms with Crippen LogP contribution in [-0.4, -0.2) is 26.7 Å². The molecule has 1 N–H and O–H groups in total. The average Bonchev–Trinajstić information content (AvgIpc) is 2.60. The van der Waals surface area contributed by atoms with E-state index in [1.54, 1.807) is 24.4 Å². The third kappa shape index (κ3) is 2.19.